The predicted octanol–water partition coefficient (Wildman–Crippen LogP) is 1.58. The Balaban J connectivity index is 1.75. The second-order valence-electron chi connectivity index (χ2n) is 5.32. The average Bonchev–Trinajstić information content (AvgIpc) is 2.77. The van der Waals surface area contributed by atoms with Gasteiger partial charge in [-0.2, -0.15) is 0 Å². The number of nitrogens with zero attached hydrogens (tertiary/aromatic N) is 3. The molecule has 2 atom stereocenters. The number of fused-ring (bicyclic) bond motifs is 3. The van der Waals surface area contributed by atoms with E-state index in [2.05, 4.69) is 20.9 Å². The molecule has 2 N–H and O–H groups in total. The zero-order valence-corrected chi connectivity index (χ0v) is 10.6. The SMILES string of the molecule is Nc1cc(N2CC3CCC(C2)O3)cc2nccnc12. The van der Waals surface area contributed by atoms with Crippen molar-refractivity contribution in [1.29, 1.82) is 0 Å². The lowest BCUT2D eigenvalue weighted by atomic mass is 10.2. The van der Waals surface area contributed by atoms with Gasteiger partial charge < -0.3 is 15.4 Å². The highest BCUT2D eigenvalue weighted by molar-refractivity contribution is 5.90. The van der Waals surface area contributed by atoms with Crippen LogP contribution in [0.15, 0.2) is 24.5 Å². The summed E-state index contributed by atoms with van der Waals surface area (Å²) >= 11 is 0. The van der Waals surface area contributed by atoms with E-state index in [4.69, 9.17) is 10.5 Å². The highest BCUT2D eigenvalue weighted by Gasteiger charge is 2.33. The summed E-state index contributed by atoms with van der Waals surface area (Å²) in [5, 5.41) is 0. The molecule has 4 rings (SSSR count). The van der Waals surface area contributed by atoms with Crippen LogP contribution in [0.5, 0.6) is 0 Å². The van der Waals surface area contributed by atoms with Crippen LogP contribution in [0.25, 0.3) is 11.0 Å². The minimum absolute atomic E-state index is 0.373. The van der Waals surface area contributed by atoms with Crippen molar-refractivity contribution in [3.8, 4) is 0 Å². The lowest BCUT2D eigenvalue weighted by Crippen LogP contribution is -2.42. The summed E-state index contributed by atoms with van der Waals surface area (Å²) in [5.41, 5.74) is 9.55. The van der Waals surface area contributed by atoms with Crippen molar-refractivity contribution in [2.24, 2.45) is 0 Å². The van der Waals surface area contributed by atoms with Crippen LogP contribution >= 0.6 is 0 Å². The van der Waals surface area contributed by atoms with E-state index in [1.165, 1.54) is 12.8 Å². The Labute approximate surface area is 111 Å². The number of morpholine rings is 1. The number of hydrogen-bond donors (Lipinski definition) is 1. The van der Waals surface area contributed by atoms with Gasteiger partial charge in [0.2, 0.25) is 0 Å². The van der Waals surface area contributed by atoms with Gasteiger partial charge in [-0.05, 0) is 25.0 Å². The van der Waals surface area contributed by atoms with Gasteiger partial charge in [0.05, 0.1) is 23.4 Å². The minimum Gasteiger partial charge on any atom is -0.397 e. The Kier molecular flexibility index (Phi) is 2.35. The summed E-state index contributed by atoms with van der Waals surface area (Å²) in [6, 6.07) is 4.07. The van der Waals surface area contributed by atoms with Gasteiger partial charge in [-0.3, -0.25) is 9.97 Å². The molecule has 1 aromatic heterocycles. The van der Waals surface area contributed by atoms with E-state index in [0.29, 0.717) is 17.9 Å². The zero-order valence-electron chi connectivity index (χ0n) is 10.6. The molecule has 2 aromatic rings. The van der Waals surface area contributed by atoms with E-state index in [1.807, 2.05) is 6.07 Å². The van der Waals surface area contributed by atoms with Gasteiger partial charge in [0.1, 0.15) is 5.52 Å². The molecule has 0 radical (unpaired) electrons. The lowest BCUT2D eigenvalue weighted by Gasteiger charge is -2.34. The molecule has 0 amide bonds. The topological polar surface area (TPSA) is 64.3 Å². The van der Waals surface area contributed by atoms with Gasteiger partial charge in [0.15, 0.2) is 0 Å². The summed E-state index contributed by atoms with van der Waals surface area (Å²) in [6.45, 7) is 1.89. The summed E-state index contributed by atoms with van der Waals surface area (Å²) in [6.07, 6.45) is 6.46. The van der Waals surface area contributed by atoms with Crippen molar-refractivity contribution >= 4 is 22.4 Å². The predicted molar refractivity (Wildman–Crippen MR) is 74.1 cm³/mol. The molecule has 0 spiro atoms. The van der Waals surface area contributed by atoms with Crippen molar-refractivity contribution in [2.75, 3.05) is 23.7 Å². The molecule has 19 heavy (non-hydrogen) atoms. The quantitative estimate of drug-likeness (QED) is 0.785. The number of hydrogen-bond acceptors (Lipinski definition) is 5. The molecule has 2 fully saturated rings. The molecular weight excluding hydrogens is 240 g/mol. The van der Waals surface area contributed by atoms with Crippen LogP contribution in [0, 0.1) is 0 Å². The number of anilines is 2. The molecule has 0 saturated carbocycles. The largest absolute Gasteiger partial charge is 0.397 e. The van der Waals surface area contributed by atoms with Gasteiger partial charge in [-0.1, -0.05) is 0 Å². The highest BCUT2D eigenvalue weighted by atomic mass is 16.5. The Bertz CT molecular complexity index is 618. The van der Waals surface area contributed by atoms with Crippen molar-refractivity contribution in [3.63, 3.8) is 0 Å². The van der Waals surface area contributed by atoms with Crippen LogP contribution in [0.2, 0.25) is 0 Å². The van der Waals surface area contributed by atoms with Crippen LogP contribution in [-0.4, -0.2) is 35.3 Å². The van der Waals surface area contributed by atoms with E-state index in [0.717, 1.165) is 29.8 Å². The fraction of sp³-hybridized carbons (Fsp3) is 0.429. The standard InChI is InChI=1S/C14H16N4O/c15-12-5-9(6-13-14(12)17-4-3-16-13)18-7-10-1-2-11(8-18)19-10/h3-6,10-11H,1-2,7-8,15H2. The average molecular weight is 256 g/mol. The maximum atomic E-state index is 6.09. The van der Waals surface area contributed by atoms with Gasteiger partial charge in [0, 0.05) is 31.2 Å². The Morgan fingerprint density at radius 1 is 1.11 bits per heavy atom. The molecule has 2 aliphatic heterocycles. The summed E-state index contributed by atoms with van der Waals surface area (Å²) in [7, 11) is 0. The van der Waals surface area contributed by atoms with Crippen molar-refractivity contribution in [3.05, 3.63) is 24.5 Å². The van der Waals surface area contributed by atoms with E-state index in [-0.39, 0.29) is 0 Å². The maximum Gasteiger partial charge on any atom is 0.112 e. The zero-order chi connectivity index (χ0) is 12.8. The second kappa shape index (κ2) is 4.06. The number of ether oxygens (including phenoxy) is 1. The Hall–Kier alpha value is -1.88. The molecule has 2 unspecified atom stereocenters. The van der Waals surface area contributed by atoms with Crippen molar-refractivity contribution in [1.82, 2.24) is 9.97 Å². The first-order chi connectivity index (χ1) is 9.29. The molecule has 98 valence electrons. The molecule has 2 saturated heterocycles. The van der Waals surface area contributed by atoms with Crippen LogP contribution in [0.4, 0.5) is 11.4 Å². The van der Waals surface area contributed by atoms with Gasteiger partial charge in [-0.15, -0.1) is 0 Å². The molecule has 2 bridgehead atoms. The van der Waals surface area contributed by atoms with Crippen LogP contribution < -0.4 is 10.6 Å². The van der Waals surface area contributed by atoms with E-state index < -0.39 is 0 Å². The number of nitrogen functional groups attached to an aromatic ring is 1. The summed E-state index contributed by atoms with van der Waals surface area (Å²) < 4.78 is 5.87. The number of benzene rings is 1. The van der Waals surface area contributed by atoms with E-state index in [9.17, 15) is 0 Å². The fourth-order valence-corrected chi connectivity index (χ4v) is 3.09. The fourth-order valence-electron chi connectivity index (χ4n) is 3.09. The Morgan fingerprint density at radius 2 is 1.84 bits per heavy atom. The third-order valence-corrected chi connectivity index (χ3v) is 4.00. The van der Waals surface area contributed by atoms with Gasteiger partial charge >= 0.3 is 0 Å². The first kappa shape index (κ1) is 11.0. The van der Waals surface area contributed by atoms with Crippen LogP contribution in [0.1, 0.15) is 12.8 Å². The molecule has 2 aliphatic rings. The molecule has 3 heterocycles. The summed E-state index contributed by atoms with van der Waals surface area (Å²) in [4.78, 5) is 11.0. The highest BCUT2D eigenvalue weighted by Crippen LogP contribution is 2.32. The third kappa shape index (κ3) is 1.81. The lowest BCUT2D eigenvalue weighted by molar-refractivity contribution is 0.0305. The molecule has 0 aliphatic carbocycles. The Morgan fingerprint density at radius 3 is 2.63 bits per heavy atom. The smallest absolute Gasteiger partial charge is 0.112 e. The van der Waals surface area contributed by atoms with E-state index in [1.54, 1.807) is 12.4 Å². The van der Waals surface area contributed by atoms with E-state index >= 15 is 0 Å². The van der Waals surface area contributed by atoms with Gasteiger partial charge in [-0.25, -0.2) is 0 Å². The normalized spacial score (nSPS) is 26.0. The first-order valence-electron chi connectivity index (χ1n) is 6.70. The summed E-state index contributed by atoms with van der Waals surface area (Å²) in [5.74, 6) is 0. The van der Waals surface area contributed by atoms with Crippen LogP contribution in [-0.2, 0) is 4.74 Å². The molecular formula is C14H16N4O. The minimum atomic E-state index is 0.373. The number of rotatable bonds is 1. The number of aromatic nitrogens is 2. The monoisotopic (exact) mass is 256 g/mol. The van der Waals surface area contributed by atoms with Crippen LogP contribution in [0.3, 0.4) is 0 Å². The molecule has 1 aromatic carbocycles. The first-order valence-corrected chi connectivity index (χ1v) is 6.70. The molecule has 5 heteroatoms. The van der Waals surface area contributed by atoms with Gasteiger partial charge in [0.25, 0.3) is 0 Å². The molecule has 5 nitrogen and oxygen atoms in total. The third-order valence-electron chi connectivity index (χ3n) is 4.00. The second-order valence-corrected chi connectivity index (χ2v) is 5.32. The maximum absolute atomic E-state index is 6.09. The van der Waals surface area contributed by atoms with Crippen molar-refractivity contribution < 1.29 is 4.74 Å². The van der Waals surface area contributed by atoms with Crippen molar-refractivity contribution in [2.45, 2.75) is 25.0 Å². The number of nitrogens with two attached hydrogens (primary N) is 1.